The molecule has 0 saturated heterocycles. The van der Waals surface area contributed by atoms with Crippen molar-refractivity contribution in [1.82, 2.24) is 0 Å². The Hall–Kier alpha value is -1.53. The van der Waals surface area contributed by atoms with Crippen LogP contribution in [0, 0.1) is 10.1 Å². The standard InChI is InChI=1S/C11H12N2O3S/c12-9-5-7(1-3-10(9)13(15)16)11-4-2-8(6-14)17-11/h1,3-5,8,14H,2,6,12H2. The number of hydrogen-bond donors (Lipinski definition) is 2. The molecule has 0 spiro atoms. The first-order valence-electron chi connectivity index (χ1n) is 5.13. The van der Waals surface area contributed by atoms with E-state index < -0.39 is 4.92 Å². The molecular weight excluding hydrogens is 240 g/mol. The molecule has 90 valence electrons. The Morgan fingerprint density at radius 3 is 2.88 bits per heavy atom. The van der Waals surface area contributed by atoms with Gasteiger partial charge in [0.25, 0.3) is 5.69 Å². The first kappa shape index (κ1) is 11.9. The molecule has 0 aliphatic carbocycles. The van der Waals surface area contributed by atoms with Crippen molar-refractivity contribution in [1.29, 1.82) is 0 Å². The van der Waals surface area contributed by atoms with Gasteiger partial charge in [-0.1, -0.05) is 6.08 Å². The predicted molar refractivity (Wildman–Crippen MR) is 68.6 cm³/mol. The van der Waals surface area contributed by atoms with E-state index in [0.717, 1.165) is 16.9 Å². The molecule has 1 aliphatic heterocycles. The molecule has 1 atom stereocenters. The topological polar surface area (TPSA) is 89.4 Å². The maximum absolute atomic E-state index is 10.6. The number of nitro groups is 1. The predicted octanol–water partition coefficient (Wildman–Crippen LogP) is 2.02. The molecule has 3 N–H and O–H groups in total. The van der Waals surface area contributed by atoms with E-state index in [1.807, 2.05) is 6.08 Å². The Labute approximate surface area is 102 Å². The molecule has 17 heavy (non-hydrogen) atoms. The number of nitrogens with two attached hydrogens (primary N) is 1. The zero-order valence-corrected chi connectivity index (χ0v) is 9.81. The quantitative estimate of drug-likeness (QED) is 0.488. The van der Waals surface area contributed by atoms with Crippen LogP contribution in [0.1, 0.15) is 12.0 Å². The monoisotopic (exact) mass is 252 g/mol. The van der Waals surface area contributed by atoms with Crippen molar-refractivity contribution in [3.8, 4) is 0 Å². The minimum absolute atomic E-state index is 0.0731. The highest BCUT2D eigenvalue weighted by molar-refractivity contribution is 8.09. The number of nitro benzene ring substituents is 1. The average molecular weight is 252 g/mol. The summed E-state index contributed by atoms with van der Waals surface area (Å²) in [6.07, 6.45) is 2.83. The molecule has 1 aromatic carbocycles. The molecular formula is C11H12N2O3S. The zero-order chi connectivity index (χ0) is 12.4. The lowest BCUT2D eigenvalue weighted by Crippen LogP contribution is -2.02. The maximum atomic E-state index is 10.6. The summed E-state index contributed by atoms with van der Waals surface area (Å²) in [5, 5.41) is 19.8. The lowest BCUT2D eigenvalue weighted by molar-refractivity contribution is -0.383. The number of hydrogen-bond acceptors (Lipinski definition) is 5. The lowest BCUT2D eigenvalue weighted by atomic mass is 10.1. The summed E-state index contributed by atoms with van der Waals surface area (Å²) < 4.78 is 0. The third-order valence-electron chi connectivity index (χ3n) is 2.57. The van der Waals surface area contributed by atoms with Crippen LogP contribution in [0.3, 0.4) is 0 Å². The average Bonchev–Trinajstić information content (AvgIpc) is 2.76. The van der Waals surface area contributed by atoms with Crippen molar-refractivity contribution in [2.45, 2.75) is 11.7 Å². The van der Waals surface area contributed by atoms with Crippen LogP contribution in [0.25, 0.3) is 4.91 Å². The molecule has 1 aliphatic rings. The van der Waals surface area contributed by atoms with E-state index in [-0.39, 0.29) is 23.2 Å². The third-order valence-corrected chi connectivity index (χ3v) is 3.90. The SMILES string of the molecule is Nc1cc(C2=CCC(CO)S2)ccc1[N+](=O)[O-]. The fourth-order valence-corrected chi connectivity index (χ4v) is 2.77. The molecule has 6 heteroatoms. The van der Waals surface area contributed by atoms with Gasteiger partial charge in [0.1, 0.15) is 5.69 Å². The number of aliphatic hydroxyl groups is 1. The van der Waals surface area contributed by atoms with Gasteiger partial charge in [-0.2, -0.15) is 0 Å². The van der Waals surface area contributed by atoms with Crippen LogP contribution in [-0.4, -0.2) is 21.9 Å². The summed E-state index contributed by atoms with van der Waals surface area (Å²) in [4.78, 5) is 11.2. The molecule has 0 bridgehead atoms. The van der Waals surface area contributed by atoms with E-state index in [2.05, 4.69) is 0 Å². The molecule has 0 saturated carbocycles. The molecule has 1 heterocycles. The Morgan fingerprint density at radius 1 is 1.59 bits per heavy atom. The van der Waals surface area contributed by atoms with Crippen molar-refractivity contribution >= 4 is 28.0 Å². The lowest BCUT2D eigenvalue weighted by Gasteiger charge is -2.07. The van der Waals surface area contributed by atoms with Crippen molar-refractivity contribution in [2.75, 3.05) is 12.3 Å². The Bertz CT molecular complexity index is 488. The van der Waals surface area contributed by atoms with Crippen LogP contribution < -0.4 is 5.73 Å². The molecule has 1 aromatic rings. The van der Waals surface area contributed by atoms with Gasteiger partial charge in [0.05, 0.1) is 11.5 Å². The Morgan fingerprint density at radius 2 is 2.35 bits per heavy atom. The molecule has 0 aromatic heterocycles. The summed E-state index contributed by atoms with van der Waals surface area (Å²) in [5.41, 5.74) is 6.59. The number of thioether (sulfide) groups is 1. The summed E-state index contributed by atoms with van der Waals surface area (Å²) >= 11 is 1.57. The van der Waals surface area contributed by atoms with Crippen molar-refractivity contribution in [3.05, 3.63) is 40.0 Å². The number of allylic oxidation sites excluding steroid dienone is 1. The second-order valence-electron chi connectivity index (χ2n) is 3.76. The van der Waals surface area contributed by atoms with Crippen molar-refractivity contribution in [3.63, 3.8) is 0 Å². The van der Waals surface area contributed by atoms with Gasteiger partial charge in [-0.25, -0.2) is 0 Å². The molecule has 0 radical (unpaired) electrons. The van der Waals surface area contributed by atoms with Gasteiger partial charge in [-0.15, -0.1) is 11.8 Å². The number of rotatable bonds is 3. The number of benzene rings is 1. The zero-order valence-electron chi connectivity index (χ0n) is 9.00. The Balaban J connectivity index is 2.24. The molecule has 2 rings (SSSR count). The molecule has 1 unspecified atom stereocenters. The maximum Gasteiger partial charge on any atom is 0.292 e. The van der Waals surface area contributed by atoms with Gasteiger partial charge in [0.2, 0.25) is 0 Å². The fraction of sp³-hybridized carbons (Fsp3) is 0.273. The van der Waals surface area contributed by atoms with E-state index in [0.29, 0.717) is 0 Å². The number of nitrogen functional groups attached to an aromatic ring is 1. The molecule has 0 fully saturated rings. The highest BCUT2D eigenvalue weighted by Gasteiger charge is 2.20. The van der Waals surface area contributed by atoms with E-state index in [1.54, 1.807) is 23.9 Å². The second kappa shape index (κ2) is 4.77. The van der Waals surface area contributed by atoms with Gasteiger partial charge in [-0.3, -0.25) is 10.1 Å². The highest BCUT2D eigenvalue weighted by Crippen LogP contribution is 2.40. The van der Waals surface area contributed by atoms with E-state index in [9.17, 15) is 10.1 Å². The summed E-state index contributed by atoms with van der Waals surface area (Å²) in [6.45, 7) is 0.132. The van der Waals surface area contributed by atoms with Crippen LogP contribution >= 0.6 is 11.8 Å². The minimum Gasteiger partial charge on any atom is -0.395 e. The summed E-state index contributed by atoms with van der Waals surface area (Å²) in [6, 6.07) is 4.71. The van der Waals surface area contributed by atoms with Crippen LogP contribution in [-0.2, 0) is 0 Å². The van der Waals surface area contributed by atoms with E-state index in [4.69, 9.17) is 10.8 Å². The fourth-order valence-electron chi connectivity index (χ4n) is 1.69. The first-order valence-corrected chi connectivity index (χ1v) is 6.01. The van der Waals surface area contributed by atoms with Gasteiger partial charge < -0.3 is 10.8 Å². The highest BCUT2D eigenvalue weighted by atomic mass is 32.2. The largest absolute Gasteiger partial charge is 0.395 e. The van der Waals surface area contributed by atoms with E-state index in [1.165, 1.54) is 6.07 Å². The number of aliphatic hydroxyl groups excluding tert-OH is 1. The minimum atomic E-state index is -0.494. The van der Waals surface area contributed by atoms with Crippen LogP contribution in [0.5, 0.6) is 0 Å². The third kappa shape index (κ3) is 2.42. The first-order chi connectivity index (χ1) is 8.11. The van der Waals surface area contributed by atoms with Gasteiger partial charge in [0, 0.05) is 16.2 Å². The van der Waals surface area contributed by atoms with Gasteiger partial charge >= 0.3 is 0 Å². The van der Waals surface area contributed by atoms with Crippen LogP contribution in [0.2, 0.25) is 0 Å². The van der Waals surface area contributed by atoms with Crippen molar-refractivity contribution < 1.29 is 10.0 Å². The molecule has 5 nitrogen and oxygen atoms in total. The van der Waals surface area contributed by atoms with Crippen molar-refractivity contribution in [2.24, 2.45) is 0 Å². The normalized spacial score (nSPS) is 19.1. The van der Waals surface area contributed by atoms with Gasteiger partial charge in [-0.05, 0) is 24.1 Å². The summed E-state index contributed by atoms with van der Waals surface area (Å²) in [5.74, 6) is 0. The van der Waals surface area contributed by atoms with Crippen LogP contribution in [0.4, 0.5) is 11.4 Å². The smallest absolute Gasteiger partial charge is 0.292 e. The molecule has 0 amide bonds. The van der Waals surface area contributed by atoms with Crippen LogP contribution in [0.15, 0.2) is 24.3 Å². The number of nitrogens with zero attached hydrogens (tertiary/aromatic N) is 1. The summed E-state index contributed by atoms with van der Waals surface area (Å²) in [7, 11) is 0. The second-order valence-corrected chi connectivity index (χ2v) is 5.10. The van der Waals surface area contributed by atoms with E-state index >= 15 is 0 Å². The Kier molecular flexibility index (Phi) is 3.35. The number of anilines is 1. The van der Waals surface area contributed by atoms with Gasteiger partial charge in [0.15, 0.2) is 0 Å².